The van der Waals surface area contributed by atoms with Crippen LogP contribution in [0.2, 0.25) is 0 Å². The highest BCUT2D eigenvalue weighted by molar-refractivity contribution is 9.18. The molecule has 0 bridgehead atoms. The van der Waals surface area contributed by atoms with Gasteiger partial charge in [0.25, 0.3) is 0 Å². The summed E-state index contributed by atoms with van der Waals surface area (Å²) in [7, 11) is 0. The fourth-order valence-corrected chi connectivity index (χ4v) is 1.87. The minimum atomic E-state index is -0.188. The van der Waals surface area contributed by atoms with Crippen molar-refractivity contribution in [2.24, 2.45) is 5.10 Å². The topological polar surface area (TPSA) is 39.4 Å². The van der Waals surface area contributed by atoms with E-state index in [-0.39, 0.29) is 6.04 Å². The summed E-state index contributed by atoms with van der Waals surface area (Å²) in [6.07, 6.45) is 0.658. The van der Waals surface area contributed by atoms with Gasteiger partial charge in [0, 0.05) is 6.42 Å². The standard InChI is InChI=1S/C10H8BrN3/c11-10-6-9(7-12)14(13-10)8-4-2-1-3-5-8/h1-5,9H,6H2. The van der Waals surface area contributed by atoms with Gasteiger partial charge in [0.2, 0.25) is 0 Å². The van der Waals surface area contributed by atoms with Crippen molar-refractivity contribution in [3.05, 3.63) is 30.3 Å². The molecule has 0 radical (unpaired) electrons. The van der Waals surface area contributed by atoms with Gasteiger partial charge in [0.1, 0.15) is 10.7 Å². The molecule has 0 aromatic heterocycles. The van der Waals surface area contributed by atoms with Crippen molar-refractivity contribution < 1.29 is 0 Å². The predicted octanol–water partition coefficient (Wildman–Crippen LogP) is 2.50. The van der Waals surface area contributed by atoms with Crippen molar-refractivity contribution in [3.63, 3.8) is 0 Å². The molecular weight excluding hydrogens is 242 g/mol. The minimum absolute atomic E-state index is 0.188. The highest BCUT2D eigenvalue weighted by Gasteiger charge is 2.25. The zero-order valence-electron chi connectivity index (χ0n) is 7.39. The molecule has 1 aromatic rings. The van der Waals surface area contributed by atoms with Gasteiger partial charge in [-0.05, 0) is 28.1 Å². The summed E-state index contributed by atoms with van der Waals surface area (Å²) in [6.45, 7) is 0. The molecule has 3 nitrogen and oxygen atoms in total. The van der Waals surface area contributed by atoms with Gasteiger partial charge in [-0.3, -0.25) is 0 Å². The summed E-state index contributed by atoms with van der Waals surface area (Å²) in [6, 6.07) is 11.7. The summed E-state index contributed by atoms with van der Waals surface area (Å²) in [5, 5.41) is 14.9. The van der Waals surface area contributed by atoms with Gasteiger partial charge in [-0.15, -0.1) is 0 Å². The Balaban J connectivity index is 2.31. The van der Waals surface area contributed by atoms with Gasteiger partial charge in [0.05, 0.1) is 11.8 Å². The lowest BCUT2D eigenvalue weighted by atomic mass is 10.2. The first-order valence-electron chi connectivity index (χ1n) is 4.28. The molecule has 0 saturated carbocycles. The van der Waals surface area contributed by atoms with Crippen LogP contribution in [0.5, 0.6) is 0 Å². The van der Waals surface area contributed by atoms with Crippen molar-refractivity contribution in [1.29, 1.82) is 5.26 Å². The van der Waals surface area contributed by atoms with Crippen LogP contribution in [0.3, 0.4) is 0 Å². The molecule has 2 rings (SSSR count). The quantitative estimate of drug-likeness (QED) is 0.768. The van der Waals surface area contributed by atoms with E-state index in [2.05, 4.69) is 27.1 Å². The number of anilines is 1. The van der Waals surface area contributed by atoms with Crippen molar-refractivity contribution in [2.75, 3.05) is 5.01 Å². The Hall–Kier alpha value is -1.34. The van der Waals surface area contributed by atoms with Crippen LogP contribution in [0.15, 0.2) is 35.4 Å². The Morgan fingerprint density at radius 3 is 2.79 bits per heavy atom. The van der Waals surface area contributed by atoms with Crippen LogP contribution in [0.4, 0.5) is 5.69 Å². The molecule has 1 aliphatic rings. The Morgan fingerprint density at radius 1 is 1.43 bits per heavy atom. The molecule has 0 spiro atoms. The fourth-order valence-electron chi connectivity index (χ4n) is 1.39. The van der Waals surface area contributed by atoms with E-state index in [4.69, 9.17) is 5.26 Å². The molecule has 4 heteroatoms. The molecule has 1 aliphatic heterocycles. The fraction of sp³-hybridized carbons (Fsp3) is 0.200. The molecule has 1 aromatic carbocycles. The molecule has 0 saturated heterocycles. The van der Waals surface area contributed by atoms with Crippen LogP contribution in [0.1, 0.15) is 6.42 Å². The maximum absolute atomic E-state index is 8.93. The lowest BCUT2D eigenvalue weighted by molar-refractivity contribution is 0.800. The van der Waals surface area contributed by atoms with Crippen LogP contribution in [0, 0.1) is 11.3 Å². The zero-order valence-corrected chi connectivity index (χ0v) is 8.98. The van der Waals surface area contributed by atoms with Crippen molar-refractivity contribution in [3.8, 4) is 6.07 Å². The smallest absolute Gasteiger partial charge is 0.145 e. The highest BCUT2D eigenvalue weighted by Crippen LogP contribution is 2.25. The number of rotatable bonds is 1. The SMILES string of the molecule is N#CC1CC(Br)=NN1c1ccccc1. The van der Waals surface area contributed by atoms with E-state index < -0.39 is 0 Å². The zero-order chi connectivity index (χ0) is 9.97. The van der Waals surface area contributed by atoms with Crippen LogP contribution >= 0.6 is 15.9 Å². The molecule has 1 atom stereocenters. The van der Waals surface area contributed by atoms with Gasteiger partial charge in [-0.2, -0.15) is 10.4 Å². The van der Waals surface area contributed by atoms with Gasteiger partial charge in [0.15, 0.2) is 0 Å². The Morgan fingerprint density at radius 2 is 2.14 bits per heavy atom. The number of benzene rings is 1. The molecule has 14 heavy (non-hydrogen) atoms. The number of hydrogen-bond donors (Lipinski definition) is 0. The lowest BCUT2D eigenvalue weighted by Gasteiger charge is -2.17. The number of halogens is 1. The summed E-state index contributed by atoms with van der Waals surface area (Å²) >= 11 is 3.31. The van der Waals surface area contributed by atoms with E-state index in [0.717, 1.165) is 10.3 Å². The number of nitrogens with zero attached hydrogens (tertiary/aromatic N) is 3. The highest BCUT2D eigenvalue weighted by atomic mass is 79.9. The number of nitriles is 1. The Labute approximate surface area is 90.8 Å². The number of para-hydroxylation sites is 1. The van der Waals surface area contributed by atoms with Gasteiger partial charge in [-0.1, -0.05) is 18.2 Å². The summed E-state index contributed by atoms with van der Waals surface area (Å²) in [4.78, 5) is 0. The third-order valence-corrected chi connectivity index (χ3v) is 2.53. The third kappa shape index (κ3) is 1.64. The van der Waals surface area contributed by atoms with Crippen LogP contribution in [0.25, 0.3) is 0 Å². The maximum atomic E-state index is 8.93. The van der Waals surface area contributed by atoms with Gasteiger partial charge >= 0.3 is 0 Å². The van der Waals surface area contributed by atoms with Crippen LogP contribution in [-0.2, 0) is 0 Å². The molecule has 1 heterocycles. The first-order chi connectivity index (χ1) is 6.81. The largest absolute Gasteiger partial charge is 0.247 e. The van der Waals surface area contributed by atoms with E-state index >= 15 is 0 Å². The van der Waals surface area contributed by atoms with E-state index in [1.54, 1.807) is 5.01 Å². The molecule has 0 N–H and O–H groups in total. The van der Waals surface area contributed by atoms with Gasteiger partial charge in [-0.25, -0.2) is 5.01 Å². The molecule has 0 amide bonds. The first kappa shape index (κ1) is 9.22. The first-order valence-corrected chi connectivity index (χ1v) is 5.07. The molecule has 1 unspecified atom stereocenters. The summed E-state index contributed by atoms with van der Waals surface area (Å²) < 4.78 is 0.827. The van der Waals surface area contributed by atoms with Crippen molar-refractivity contribution in [2.45, 2.75) is 12.5 Å². The lowest BCUT2D eigenvalue weighted by Crippen LogP contribution is -2.24. The molecule has 0 aliphatic carbocycles. The number of hydrogen-bond acceptors (Lipinski definition) is 3. The van der Waals surface area contributed by atoms with E-state index in [0.29, 0.717) is 6.42 Å². The molecule has 70 valence electrons. The summed E-state index contributed by atoms with van der Waals surface area (Å²) in [5.41, 5.74) is 0.952. The number of hydrazone groups is 1. The van der Waals surface area contributed by atoms with Crippen LogP contribution in [-0.4, -0.2) is 10.7 Å². The Bertz CT molecular complexity index is 394. The van der Waals surface area contributed by atoms with Gasteiger partial charge < -0.3 is 0 Å². The average molecular weight is 250 g/mol. The normalized spacial score (nSPS) is 20.4. The second kappa shape index (κ2) is 3.81. The van der Waals surface area contributed by atoms with E-state index in [1.165, 1.54) is 0 Å². The maximum Gasteiger partial charge on any atom is 0.145 e. The Kier molecular flexibility index (Phi) is 2.51. The predicted molar refractivity (Wildman–Crippen MR) is 59.3 cm³/mol. The second-order valence-electron chi connectivity index (χ2n) is 3.01. The van der Waals surface area contributed by atoms with E-state index in [9.17, 15) is 0 Å². The molecule has 0 fully saturated rings. The monoisotopic (exact) mass is 249 g/mol. The third-order valence-electron chi connectivity index (χ3n) is 2.04. The van der Waals surface area contributed by atoms with Crippen molar-refractivity contribution in [1.82, 2.24) is 0 Å². The minimum Gasteiger partial charge on any atom is -0.247 e. The average Bonchev–Trinajstić information content (AvgIpc) is 2.61. The second-order valence-corrected chi connectivity index (χ2v) is 3.92. The molecular formula is C10H8BrN3. The van der Waals surface area contributed by atoms with Crippen molar-refractivity contribution >= 4 is 26.2 Å². The van der Waals surface area contributed by atoms with Crippen LogP contribution < -0.4 is 5.01 Å². The van der Waals surface area contributed by atoms with E-state index in [1.807, 2.05) is 30.3 Å². The summed E-state index contributed by atoms with van der Waals surface area (Å²) in [5.74, 6) is 0.